The number of nitrogens with zero attached hydrogens (tertiary/aromatic N) is 3. The summed E-state index contributed by atoms with van der Waals surface area (Å²) in [5.41, 5.74) is 8.14. The Labute approximate surface area is 98.2 Å². The molecule has 2 heterocycles. The molecule has 2 N–H and O–H groups in total. The van der Waals surface area contributed by atoms with Gasteiger partial charge in [-0.3, -0.25) is 4.98 Å². The van der Waals surface area contributed by atoms with E-state index < -0.39 is 0 Å². The number of anilines is 1. The molecule has 4 heteroatoms. The van der Waals surface area contributed by atoms with Crippen molar-refractivity contribution in [2.24, 2.45) is 0 Å². The van der Waals surface area contributed by atoms with Crippen molar-refractivity contribution in [2.45, 2.75) is 0 Å². The van der Waals surface area contributed by atoms with Crippen molar-refractivity contribution >= 4 is 16.7 Å². The molecule has 0 atom stereocenters. The van der Waals surface area contributed by atoms with Gasteiger partial charge in [-0.25, -0.2) is 9.97 Å². The summed E-state index contributed by atoms with van der Waals surface area (Å²) >= 11 is 0. The third kappa shape index (κ3) is 1.69. The Bertz CT molecular complexity index is 656. The van der Waals surface area contributed by atoms with E-state index in [4.69, 9.17) is 5.73 Å². The predicted octanol–water partition coefficient (Wildman–Crippen LogP) is 2.07. The molecule has 81 valence electrons. The monoisotopic (exact) mass is 221 g/mol. The molecule has 0 aliphatic carbocycles. The Morgan fingerprint density at radius 2 is 2.00 bits per heavy atom. The van der Waals surface area contributed by atoms with Crippen molar-refractivity contribution in [1.29, 1.82) is 0 Å². The van der Waals surface area contributed by atoms with E-state index in [1.165, 1.54) is 0 Å². The summed E-state index contributed by atoms with van der Waals surface area (Å²) in [5, 5.41) is 1.04. The lowest BCUT2D eigenvalue weighted by molar-refractivity contribution is 1.21. The van der Waals surface area contributed by atoms with Crippen molar-refractivity contribution in [3.05, 3.63) is 48.9 Å². The molecule has 0 spiro atoms. The number of nitrogen functional groups attached to an aromatic ring is 1. The number of aromatic nitrogens is 3. The van der Waals surface area contributed by atoms with Gasteiger partial charge in [-0.2, -0.15) is 0 Å². The highest BCUT2D eigenvalue weighted by Crippen LogP contribution is 2.25. The number of pyridine rings is 1. The lowest BCUT2D eigenvalue weighted by atomic mass is 10.1. The zero-order valence-corrected chi connectivity index (χ0v) is 8.96. The molecular formula is C13H9N4. The van der Waals surface area contributed by atoms with Crippen LogP contribution < -0.4 is 5.73 Å². The molecule has 0 bridgehead atoms. The van der Waals surface area contributed by atoms with Gasteiger partial charge in [0.15, 0.2) is 5.82 Å². The highest BCUT2D eigenvalue weighted by molar-refractivity contribution is 5.93. The summed E-state index contributed by atoms with van der Waals surface area (Å²) in [7, 11) is 0. The van der Waals surface area contributed by atoms with Gasteiger partial charge in [-0.15, -0.1) is 0 Å². The lowest BCUT2D eigenvalue weighted by Gasteiger charge is -2.04. The smallest absolute Gasteiger partial charge is 0.151 e. The first-order valence-corrected chi connectivity index (χ1v) is 5.19. The number of rotatable bonds is 1. The molecule has 17 heavy (non-hydrogen) atoms. The van der Waals surface area contributed by atoms with E-state index in [9.17, 15) is 0 Å². The van der Waals surface area contributed by atoms with E-state index in [1.54, 1.807) is 12.4 Å². The molecule has 0 aliphatic rings. The zero-order valence-electron chi connectivity index (χ0n) is 8.96. The maximum atomic E-state index is 5.48. The summed E-state index contributed by atoms with van der Waals surface area (Å²) in [5.74, 6) is 0.298. The minimum absolute atomic E-state index is 0.298. The van der Waals surface area contributed by atoms with E-state index in [0.29, 0.717) is 5.82 Å². The Morgan fingerprint density at radius 1 is 1.06 bits per heavy atom. The standard InChI is InChI=1S/C13H9N4/c14-13-8-16-12(7-17-13)10-3-1-5-11-9(10)4-2-6-15-11/h1-7H,(H2,14,17). The van der Waals surface area contributed by atoms with Crippen LogP contribution in [0.3, 0.4) is 0 Å². The van der Waals surface area contributed by atoms with Crippen LogP contribution in [-0.4, -0.2) is 15.0 Å². The first kappa shape index (κ1) is 9.72. The first-order valence-electron chi connectivity index (χ1n) is 5.19. The molecule has 1 radical (unpaired) electrons. The van der Waals surface area contributed by atoms with Crippen molar-refractivity contribution in [3.8, 4) is 11.3 Å². The molecule has 0 aliphatic heterocycles. The number of benzene rings is 1. The van der Waals surface area contributed by atoms with Crippen LogP contribution >= 0.6 is 0 Å². The van der Waals surface area contributed by atoms with E-state index in [-0.39, 0.29) is 0 Å². The van der Waals surface area contributed by atoms with Crippen LogP contribution in [0.5, 0.6) is 0 Å². The average Bonchev–Trinajstić information content (AvgIpc) is 2.39. The third-order valence-electron chi connectivity index (χ3n) is 2.54. The van der Waals surface area contributed by atoms with Crippen LogP contribution in [0.15, 0.2) is 42.7 Å². The van der Waals surface area contributed by atoms with Gasteiger partial charge < -0.3 is 5.73 Å². The zero-order chi connectivity index (χ0) is 11.7. The number of hydrogen-bond acceptors (Lipinski definition) is 4. The van der Waals surface area contributed by atoms with Crippen molar-refractivity contribution in [2.75, 3.05) is 5.73 Å². The second-order valence-corrected chi connectivity index (χ2v) is 3.63. The molecule has 0 fully saturated rings. The average molecular weight is 221 g/mol. The molecule has 2 aromatic heterocycles. The Morgan fingerprint density at radius 3 is 2.82 bits per heavy atom. The van der Waals surface area contributed by atoms with Gasteiger partial charge in [0.25, 0.3) is 0 Å². The SMILES string of the molecule is Nc1[c]nc(-c2cccc3ncccc23)cn1. The highest BCUT2D eigenvalue weighted by Gasteiger charge is 2.05. The van der Waals surface area contributed by atoms with Crippen molar-refractivity contribution in [1.82, 2.24) is 15.0 Å². The van der Waals surface area contributed by atoms with Gasteiger partial charge in [0.05, 0.1) is 17.4 Å². The molecular weight excluding hydrogens is 212 g/mol. The lowest BCUT2D eigenvalue weighted by Crippen LogP contribution is -1.93. The van der Waals surface area contributed by atoms with Crippen LogP contribution in [0.25, 0.3) is 22.2 Å². The van der Waals surface area contributed by atoms with Crippen LogP contribution in [0.4, 0.5) is 5.82 Å². The number of nitrogens with two attached hydrogens (primary N) is 1. The van der Waals surface area contributed by atoms with Crippen molar-refractivity contribution < 1.29 is 0 Å². The van der Waals surface area contributed by atoms with E-state index in [2.05, 4.69) is 21.1 Å². The number of hydrogen-bond donors (Lipinski definition) is 1. The molecule has 0 amide bonds. The Hall–Kier alpha value is -2.49. The Kier molecular flexibility index (Phi) is 2.19. The van der Waals surface area contributed by atoms with Gasteiger partial charge in [-0.05, 0) is 12.1 Å². The van der Waals surface area contributed by atoms with E-state index in [0.717, 1.165) is 22.2 Å². The number of fused-ring (bicyclic) bond motifs is 1. The third-order valence-corrected chi connectivity index (χ3v) is 2.54. The molecule has 4 nitrogen and oxygen atoms in total. The van der Waals surface area contributed by atoms with Crippen LogP contribution in [0.1, 0.15) is 0 Å². The normalized spacial score (nSPS) is 10.6. The van der Waals surface area contributed by atoms with E-state index in [1.807, 2.05) is 30.3 Å². The first-order chi connectivity index (χ1) is 8.34. The maximum Gasteiger partial charge on any atom is 0.151 e. The van der Waals surface area contributed by atoms with Crippen LogP contribution in [-0.2, 0) is 0 Å². The second-order valence-electron chi connectivity index (χ2n) is 3.63. The molecule has 0 unspecified atom stereocenters. The predicted molar refractivity (Wildman–Crippen MR) is 66.0 cm³/mol. The molecule has 0 saturated carbocycles. The summed E-state index contributed by atoms with van der Waals surface area (Å²) in [6, 6.07) is 9.81. The fraction of sp³-hybridized carbons (Fsp3) is 0. The summed E-state index contributed by atoms with van der Waals surface area (Å²) < 4.78 is 0. The quantitative estimate of drug-likeness (QED) is 0.683. The molecule has 3 rings (SSSR count). The fourth-order valence-corrected chi connectivity index (χ4v) is 1.76. The van der Waals surface area contributed by atoms with E-state index >= 15 is 0 Å². The van der Waals surface area contributed by atoms with Gasteiger partial charge >= 0.3 is 0 Å². The minimum atomic E-state index is 0.298. The summed E-state index contributed by atoms with van der Waals surface area (Å²) in [6.07, 6.45) is 6.08. The summed E-state index contributed by atoms with van der Waals surface area (Å²) in [6.45, 7) is 0. The molecule has 0 saturated heterocycles. The van der Waals surface area contributed by atoms with Crippen LogP contribution in [0.2, 0.25) is 0 Å². The largest absolute Gasteiger partial charge is 0.382 e. The van der Waals surface area contributed by atoms with Gasteiger partial charge in [0.1, 0.15) is 6.20 Å². The van der Waals surface area contributed by atoms with Gasteiger partial charge in [-0.1, -0.05) is 18.2 Å². The summed E-state index contributed by atoms with van der Waals surface area (Å²) in [4.78, 5) is 12.5. The van der Waals surface area contributed by atoms with Gasteiger partial charge in [0.2, 0.25) is 0 Å². The minimum Gasteiger partial charge on any atom is -0.382 e. The maximum absolute atomic E-state index is 5.48. The van der Waals surface area contributed by atoms with Crippen LogP contribution in [0, 0.1) is 6.20 Å². The van der Waals surface area contributed by atoms with Gasteiger partial charge in [0, 0.05) is 17.1 Å². The topological polar surface area (TPSA) is 64.7 Å². The highest BCUT2D eigenvalue weighted by atomic mass is 14.9. The Balaban J connectivity index is 2.27. The fourth-order valence-electron chi connectivity index (χ4n) is 1.76. The second kappa shape index (κ2) is 3.83. The molecule has 1 aromatic carbocycles. The molecule has 3 aromatic rings. The van der Waals surface area contributed by atoms with Crippen molar-refractivity contribution in [3.63, 3.8) is 0 Å².